The number of piperidine rings is 1. The molecule has 1 aromatic heterocycles. The Bertz CT molecular complexity index is 1030. The van der Waals surface area contributed by atoms with Gasteiger partial charge in [0, 0.05) is 37.9 Å². The van der Waals surface area contributed by atoms with E-state index in [0.29, 0.717) is 30.2 Å². The minimum absolute atomic E-state index is 0.0294. The highest BCUT2D eigenvalue weighted by molar-refractivity contribution is 7.80. The predicted octanol–water partition coefficient (Wildman–Crippen LogP) is 3.39. The number of thiocarbonyl (C=S) groups is 1. The largest absolute Gasteiger partial charge is 0.486 e. The SMILES string of the molecule is Cc1noc(C)c1C(=O)N1CCC2(CC1)CCN(C(=S)Nc1ccc3c(c1)OCCO3)C2. The van der Waals surface area contributed by atoms with Crippen molar-refractivity contribution in [2.75, 3.05) is 44.7 Å². The van der Waals surface area contributed by atoms with Crippen LogP contribution in [0.15, 0.2) is 22.7 Å². The molecule has 3 aliphatic heterocycles. The van der Waals surface area contributed by atoms with Crippen LogP contribution in [0.25, 0.3) is 0 Å². The number of hydrogen-bond acceptors (Lipinski definition) is 6. The molecule has 0 saturated carbocycles. The van der Waals surface area contributed by atoms with E-state index in [1.54, 1.807) is 6.92 Å². The lowest BCUT2D eigenvalue weighted by atomic mass is 9.77. The van der Waals surface area contributed by atoms with Gasteiger partial charge in [-0.2, -0.15) is 0 Å². The average molecular weight is 457 g/mol. The van der Waals surface area contributed by atoms with Crippen LogP contribution in [0.2, 0.25) is 0 Å². The zero-order valence-corrected chi connectivity index (χ0v) is 19.3. The molecular weight excluding hydrogens is 428 g/mol. The molecule has 1 N–H and O–H groups in total. The molecule has 2 aromatic rings. The van der Waals surface area contributed by atoms with Crippen LogP contribution in [-0.2, 0) is 0 Å². The van der Waals surface area contributed by atoms with Crippen molar-refractivity contribution in [3.63, 3.8) is 0 Å². The number of carbonyl (C=O) groups excluding carboxylic acids is 1. The van der Waals surface area contributed by atoms with E-state index in [9.17, 15) is 4.79 Å². The molecule has 0 aliphatic carbocycles. The molecule has 2 fully saturated rings. The summed E-state index contributed by atoms with van der Waals surface area (Å²) in [5, 5.41) is 8.01. The third kappa shape index (κ3) is 3.90. The Morgan fingerprint density at radius 3 is 2.44 bits per heavy atom. The first-order valence-electron chi connectivity index (χ1n) is 11.1. The van der Waals surface area contributed by atoms with Gasteiger partial charge in [0.25, 0.3) is 5.91 Å². The fourth-order valence-corrected chi connectivity index (χ4v) is 5.24. The second-order valence-corrected chi connectivity index (χ2v) is 9.34. The summed E-state index contributed by atoms with van der Waals surface area (Å²) >= 11 is 5.71. The minimum atomic E-state index is 0.0294. The van der Waals surface area contributed by atoms with E-state index < -0.39 is 0 Å². The van der Waals surface area contributed by atoms with Crippen LogP contribution in [0.4, 0.5) is 5.69 Å². The fourth-order valence-electron chi connectivity index (χ4n) is 4.97. The van der Waals surface area contributed by atoms with Gasteiger partial charge in [-0.15, -0.1) is 0 Å². The molecular formula is C23H28N4O4S. The first-order valence-corrected chi connectivity index (χ1v) is 11.5. The Hall–Kier alpha value is -2.81. The van der Waals surface area contributed by atoms with E-state index in [1.807, 2.05) is 30.0 Å². The number of amides is 1. The van der Waals surface area contributed by atoms with E-state index in [0.717, 1.165) is 67.7 Å². The molecule has 0 unspecified atom stereocenters. The molecule has 5 rings (SSSR count). The van der Waals surface area contributed by atoms with Crippen LogP contribution in [0.1, 0.15) is 41.1 Å². The molecule has 32 heavy (non-hydrogen) atoms. The van der Waals surface area contributed by atoms with Crippen molar-refractivity contribution in [2.24, 2.45) is 5.41 Å². The Morgan fingerprint density at radius 1 is 1.06 bits per heavy atom. The number of aromatic nitrogens is 1. The van der Waals surface area contributed by atoms with Gasteiger partial charge in [0.2, 0.25) is 0 Å². The van der Waals surface area contributed by atoms with Crippen LogP contribution >= 0.6 is 12.2 Å². The van der Waals surface area contributed by atoms with Gasteiger partial charge in [0.05, 0.1) is 5.69 Å². The van der Waals surface area contributed by atoms with Gasteiger partial charge in [-0.05, 0) is 62.9 Å². The van der Waals surface area contributed by atoms with Gasteiger partial charge in [-0.1, -0.05) is 5.16 Å². The summed E-state index contributed by atoms with van der Waals surface area (Å²) in [4.78, 5) is 17.1. The molecule has 1 amide bonds. The molecule has 4 heterocycles. The lowest BCUT2D eigenvalue weighted by Crippen LogP contribution is -2.45. The second-order valence-electron chi connectivity index (χ2n) is 8.95. The first kappa shape index (κ1) is 21.1. The monoisotopic (exact) mass is 456 g/mol. The summed E-state index contributed by atoms with van der Waals surface area (Å²) in [7, 11) is 0. The summed E-state index contributed by atoms with van der Waals surface area (Å²) in [6, 6.07) is 5.81. The Labute approximate surface area is 192 Å². The van der Waals surface area contributed by atoms with Crippen molar-refractivity contribution < 1.29 is 18.8 Å². The smallest absolute Gasteiger partial charge is 0.259 e. The Morgan fingerprint density at radius 2 is 1.75 bits per heavy atom. The number of nitrogens with zero attached hydrogens (tertiary/aromatic N) is 3. The lowest BCUT2D eigenvalue weighted by Gasteiger charge is -2.39. The van der Waals surface area contributed by atoms with Crippen LogP contribution in [0.5, 0.6) is 11.5 Å². The fraction of sp³-hybridized carbons (Fsp3) is 0.522. The van der Waals surface area contributed by atoms with E-state index >= 15 is 0 Å². The Kier molecular flexibility index (Phi) is 5.44. The molecule has 0 bridgehead atoms. The number of rotatable bonds is 2. The number of ether oxygens (including phenoxy) is 2. The number of anilines is 1. The maximum Gasteiger partial charge on any atom is 0.259 e. The molecule has 1 aromatic carbocycles. The van der Waals surface area contributed by atoms with Gasteiger partial charge >= 0.3 is 0 Å². The number of carbonyl (C=O) groups is 1. The molecule has 9 heteroatoms. The van der Waals surface area contributed by atoms with Crippen molar-refractivity contribution >= 4 is 28.9 Å². The zero-order valence-electron chi connectivity index (χ0n) is 18.5. The van der Waals surface area contributed by atoms with Gasteiger partial charge in [0.15, 0.2) is 16.6 Å². The number of likely N-dealkylation sites (tertiary alicyclic amines) is 2. The summed E-state index contributed by atoms with van der Waals surface area (Å²) in [5.74, 6) is 2.14. The topological polar surface area (TPSA) is 80.1 Å². The van der Waals surface area contributed by atoms with Gasteiger partial charge in [-0.25, -0.2) is 0 Å². The van der Waals surface area contributed by atoms with Gasteiger partial charge in [0.1, 0.15) is 24.5 Å². The summed E-state index contributed by atoms with van der Waals surface area (Å²) in [6.07, 6.45) is 3.04. The summed E-state index contributed by atoms with van der Waals surface area (Å²) in [6.45, 7) is 8.09. The van der Waals surface area contributed by atoms with Crippen molar-refractivity contribution in [3.8, 4) is 11.5 Å². The van der Waals surface area contributed by atoms with Crippen LogP contribution in [0, 0.1) is 19.3 Å². The number of fused-ring (bicyclic) bond motifs is 1. The third-order valence-electron chi connectivity index (χ3n) is 6.88. The van der Waals surface area contributed by atoms with Crippen molar-refractivity contribution in [1.82, 2.24) is 15.0 Å². The number of nitrogens with one attached hydrogen (secondary N) is 1. The highest BCUT2D eigenvalue weighted by atomic mass is 32.1. The third-order valence-corrected chi connectivity index (χ3v) is 7.24. The molecule has 8 nitrogen and oxygen atoms in total. The molecule has 0 radical (unpaired) electrons. The van der Waals surface area contributed by atoms with Crippen molar-refractivity contribution in [1.29, 1.82) is 0 Å². The van der Waals surface area contributed by atoms with E-state index in [2.05, 4.69) is 15.4 Å². The normalized spacial score (nSPS) is 19.3. The minimum Gasteiger partial charge on any atom is -0.486 e. The maximum absolute atomic E-state index is 12.9. The lowest BCUT2D eigenvalue weighted by molar-refractivity contribution is 0.0597. The molecule has 2 saturated heterocycles. The highest BCUT2D eigenvalue weighted by Gasteiger charge is 2.42. The van der Waals surface area contributed by atoms with Crippen molar-refractivity contribution in [3.05, 3.63) is 35.2 Å². The van der Waals surface area contributed by atoms with Crippen LogP contribution in [-0.4, -0.2) is 65.4 Å². The first-order chi connectivity index (χ1) is 15.4. The van der Waals surface area contributed by atoms with Crippen LogP contribution in [0.3, 0.4) is 0 Å². The summed E-state index contributed by atoms with van der Waals surface area (Å²) < 4.78 is 16.4. The predicted molar refractivity (Wildman–Crippen MR) is 123 cm³/mol. The standard InChI is InChI=1S/C23H28N4O4S/c1-15-20(16(2)31-25-15)21(28)26-8-5-23(6-9-26)7-10-27(14-23)22(32)24-17-3-4-18-19(13-17)30-12-11-29-18/h3-4,13H,5-12,14H2,1-2H3,(H,24,32). The molecule has 3 aliphatic rings. The average Bonchev–Trinajstić information content (AvgIpc) is 3.37. The molecule has 1 spiro atoms. The number of aryl methyl sites for hydroxylation is 2. The van der Waals surface area contributed by atoms with Crippen molar-refractivity contribution in [2.45, 2.75) is 33.1 Å². The van der Waals surface area contributed by atoms with Crippen LogP contribution < -0.4 is 14.8 Å². The summed E-state index contributed by atoms with van der Waals surface area (Å²) in [5.41, 5.74) is 2.38. The second kappa shape index (κ2) is 8.27. The van der Waals surface area contributed by atoms with E-state index in [-0.39, 0.29) is 11.3 Å². The molecule has 170 valence electrons. The van der Waals surface area contributed by atoms with Gasteiger partial charge in [-0.3, -0.25) is 4.79 Å². The quantitative estimate of drug-likeness (QED) is 0.689. The number of benzene rings is 1. The highest BCUT2D eigenvalue weighted by Crippen LogP contribution is 2.41. The molecule has 0 atom stereocenters. The maximum atomic E-state index is 12.9. The van der Waals surface area contributed by atoms with E-state index in [4.69, 9.17) is 26.2 Å². The number of hydrogen-bond donors (Lipinski definition) is 1. The van der Waals surface area contributed by atoms with E-state index in [1.165, 1.54) is 0 Å². The zero-order chi connectivity index (χ0) is 22.3. The Balaban J connectivity index is 1.18. The van der Waals surface area contributed by atoms with Gasteiger partial charge < -0.3 is 29.1 Å².